The van der Waals surface area contributed by atoms with E-state index in [4.69, 9.17) is 0 Å². The van der Waals surface area contributed by atoms with Crippen molar-refractivity contribution in [2.24, 2.45) is 0 Å². The summed E-state index contributed by atoms with van der Waals surface area (Å²) in [5.41, 5.74) is -0.0310. The fourth-order valence-corrected chi connectivity index (χ4v) is 2.55. The minimum atomic E-state index is -4.47. The van der Waals surface area contributed by atoms with Gasteiger partial charge < -0.3 is 10.3 Å². The number of anilines is 1. The molecule has 0 bridgehead atoms. The van der Waals surface area contributed by atoms with Gasteiger partial charge in [-0.05, 0) is 37.6 Å². The Balaban J connectivity index is 2.18. The third-order valence-corrected chi connectivity index (χ3v) is 3.74. The Kier molecular flexibility index (Phi) is 4.20. The van der Waals surface area contributed by atoms with Gasteiger partial charge in [-0.3, -0.25) is 4.79 Å². The number of hydrogen-bond acceptors (Lipinski definition) is 4. The van der Waals surface area contributed by atoms with Crippen molar-refractivity contribution in [2.45, 2.75) is 20.0 Å². The molecule has 5 nitrogen and oxygen atoms in total. The van der Waals surface area contributed by atoms with E-state index < -0.39 is 17.3 Å². The van der Waals surface area contributed by atoms with Crippen LogP contribution in [-0.2, 0) is 6.18 Å². The summed E-state index contributed by atoms with van der Waals surface area (Å²) in [7, 11) is 0. The van der Waals surface area contributed by atoms with E-state index in [0.717, 1.165) is 12.1 Å². The molecular formula is C17H15F3N4O. The van der Waals surface area contributed by atoms with Crippen molar-refractivity contribution in [3.05, 3.63) is 51.9 Å². The van der Waals surface area contributed by atoms with Crippen LogP contribution < -0.4 is 10.9 Å². The molecule has 0 saturated carbocycles. The summed E-state index contributed by atoms with van der Waals surface area (Å²) in [6, 6.07) is 6.19. The second kappa shape index (κ2) is 6.19. The van der Waals surface area contributed by atoms with Gasteiger partial charge >= 0.3 is 6.18 Å². The van der Waals surface area contributed by atoms with E-state index in [2.05, 4.69) is 20.3 Å². The summed E-state index contributed by atoms with van der Waals surface area (Å²) < 4.78 is 38.7. The number of hydrogen-bond donors (Lipinski definition) is 2. The molecule has 0 radical (unpaired) electrons. The predicted molar refractivity (Wildman–Crippen MR) is 89.5 cm³/mol. The molecule has 0 spiro atoms. The molecule has 0 aliphatic heterocycles. The molecule has 2 aromatic heterocycles. The summed E-state index contributed by atoms with van der Waals surface area (Å²) in [6.45, 7) is 4.26. The number of pyridine rings is 1. The molecular weight excluding hydrogens is 333 g/mol. The highest BCUT2D eigenvalue weighted by Crippen LogP contribution is 2.32. The van der Waals surface area contributed by atoms with Gasteiger partial charge in [0.1, 0.15) is 5.65 Å². The first-order valence-electron chi connectivity index (χ1n) is 7.62. The number of fused-ring (bicyclic) bond motifs is 1. The van der Waals surface area contributed by atoms with E-state index in [1.807, 2.05) is 6.92 Å². The van der Waals surface area contributed by atoms with Gasteiger partial charge in [0.2, 0.25) is 5.95 Å². The molecule has 1 aromatic carbocycles. The minimum Gasteiger partial charge on any atom is -0.354 e. The topological polar surface area (TPSA) is 70.7 Å². The minimum absolute atomic E-state index is 0.140. The largest absolute Gasteiger partial charge is 0.416 e. The lowest BCUT2D eigenvalue weighted by Gasteiger charge is -2.10. The standard InChI is InChI=1S/C17H15F3N4O/c1-3-21-16-22-9(2)12-8-13(15(25)23-14(12)24-16)10-5-4-6-11(7-10)17(18,19)20/h4-8H,3H2,1-2H3,(H2,21,22,23,24,25). The van der Waals surface area contributed by atoms with Crippen LogP contribution in [0, 0.1) is 6.92 Å². The molecule has 2 heterocycles. The maximum Gasteiger partial charge on any atom is 0.416 e. The fraction of sp³-hybridized carbons (Fsp3) is 0.235. The quantitative estimate of drug-likeness (QED) is 0.756. The lowest BCUT2D eigenvalue weighted by molar-refractivity contribution is -0.137. The van der Waals surface area contributed by atoms with E-state index in [0.29, 0.717) is 29.2 Å². The number of alkyl halides is 3. The lowest BCUT2D eigenvalue weighted by atomic mass is 10.0. The van der Waals surface area contributed by atoms with Crippen LogP contribution in [0.25, 0.3) is 22.2 Å². The molecule has 2 N–H and O–H groups in total. The molecule has 130 valence electrons. The summed E-state index contributed by atoms with van der Waals surface area (Å²) in [5, 5.41) is 3.54. The van der Waals surface area contributed by atoms with E-state index in [1.54, 1.807) is 6.92 Å². The van der Waals surface area contributed by atoms with Gasteiger partial charge in [-0.1, -0.05) is 12.1 Å². The Bertz CT molecular complexity index is 995. The second-order valence-electron chi connectivity index (χ2n) is 5.52. The Hall–Kier alpha value is -2.90. The molecule has 0 aliphatic carbocycles. The molecule has 0 aliphatic rings. The monoisotopic (exact) mass is 348 g/mol. The van der Waals surface area contributed by atoms with Gasteiger partial charge in [0.15, 0.2) is 0 Å². The maximum atomic E-state index is 12.9. The lowest BCUT2D eigenvalue weighted by Crippen LogP contribution is -2.12. The van der Waals surface area contributed by atoms with Gasteiger partial charge in [0.25, 0.3) is 5.56 Å². The number of nitrogens with zero attached hydrogens (tertiary/aromatic N) is 2. The number of aromatic nitrogens is 3. The number of nitrogens with one attached hydrogen (secondary N) is 2. The number of benzene rings is 1. The molecule has 25 heavy (non-hydrogen) atoms. The average Bonchev–Trinajstić information content (AvgIpc) is 2.54. The van der Waals surface area contributed by atoms with Crippen molar-refractivity contribution in [1.82, 2.24) is 15.0 Å². The third-order valence-electron chi connectivity index (χ3n) is 3.74. The first-order chi connectivity index (χ1) is 11.8. The van der Waals surface area contributed by atoms with Gasteiger partial charge in [0.05, 0.1) is 11.3 Å². The number of aromatic amines is 1. The fourth-order valence-electron chi connectivity index (χ4n) is 2.55. The highest BCUT2D eigenvalue weighted by atomic mass is 19.4. The molecule has 8 heteroatoms. The van der Waals surface area contributed by atoms with Crippen molar-refractivity contribution < 1.29 is 13.2 Å². The van der Waals surface area contributed by atoms with E-state index in [9.17, 15) is 18.0 Å². The second-order valence-corrected chi connectivity index (χ2v) is 5.52. The summed E-state index contributed by atoms with van der Waals surface area (Å²) in [5.74, 6) is 0.384. The first kappa shape index (κ1) is 16.9. The smallest absolute Gasteiger partial charge is 0.354 e. The van der Waals surface area contributed by atoms with Crippen molar-refractivity contribution >= 4 is 17.0 Å². The summed E-state index contributed by atoms with van der Waals surface area (Å²) >= 11 is 0. The van der Waals surface area contributed by atoms with Gasteiger partial charge in [0, 0.05) is 17.5 Å². The number of rotatable bonds is 3. The zero-order chi connectivity index (χ0) is 18.2. The molecule has 3 rings (SSSR count). The van der Waals surface area contributed by atoms with E-state index in [-0.39, 0.29) is 11.1 Å². The van der Waals surface area contributed by atoms with Gasteiger partial charge in [-0.2, -0.15) is 18.2 Å². The highest BCUT2D eigenvalue weighted by molar-refractivity contribution is 5.83. The Morgan fingerprint density at radius 3 is 2.64 bits per heavy atom. The van der Waals surface area contributed by atoms with Crippen LogP contribution in [-0.4, -0.2) is 21.5 Å². The summed E-state index contributed by atoms with van der Waals surface area (Å²) in [6.07, 6.45) is -4.47. The zero-order valence-electron chi connectivity index (χ0n) is 13.5. The van der Waals surface area contributed by atoms with Crippen molar-refractivity contribution in [3.63, 3.8) is 0 Å². The number of H-pyrrole nitrogens is 1. The number of aryl methyl sites for hydroxylation is 1. The van der Waals surface area contributed by atoms with Gasteiger partial charge in [-0.25, -0.2) is 4.98 Å². The first-order valence-corrected chi connectivity index (χ1v) is 7.62. The van der Waals surface area contributed by atoms with Crippen LogP contribution in [0.1, 0.15) is 18.2 Å². The molecule has 0 fully saturated rings. The zero-order valence-corrected chi connectivity index (χ0v) is 13.5. The van der Waals surface area contributed by atoms with E-state index in [1.165, 1.54) is 18.2 Å². The molecule has 0 amide bonds. The van der Waals surface area contributed by atoms with Crippen LogP contribution in [0.2, 0.25) is 0 Å². The Morgan fingerprint density at radius 2 is 1.96 bits per heavy atom. The number of halogens is 3. The Labute approximate surface area is 140 Å². The summed E-state index contributed by atoms with van der Waals surface area (Å²) in [4.78, 5) is 23.5. The van der Waals surface area contributed by atoms with Crippen LogP contribution in [0.15, 0.2) is 35.1 Å². The molecule has 0 unspecified atom stereocenters. The molecule has 3 aromatic rings. The van der Waals surface area contributed by atoms with Crippen molar-refractivity contribution in [2.75, 3.05) is 11.9 Å². The van der Waals surface area contributed by atoms with Crippen molar-refractivity contribution in [1.29, 1.82) is 0 Å². The average molecular weight is 348 g/mol. The normalized spacial score (nSPS) is 11.7. The maximum absolute atomic E-state index is 12.9. The van der Waals surface area contributed by atoms with Gasteiger partial charge in [-0.15, -0.1) is 0 Å². The SMILES string of the molecule is CCNc1nc(C)c2cc(-c3cccc(C(F)(F)F)c3)c(=O)[nH]c2n1. The molecule has 0 atom stereocenters. The van der Waals surface area contributed by atoms with Crippen LogP contribution in [0.5, 0.6) is 0 Å². The molecule has 0 saturated heterocycles. The van der Waals surface area contributed by atoms with Crippen LogP contribution in [0.4, 0.5) is 19.1 Å². The third kappa shape index (κ3) is 3.33. The van der Waals surface area contributed by atoms with E-state index >= 15 is 0 Å². The van der Waals surface area contributed by atoms with Crippen molar-refractivity contribution in [3.8, 4) is 11.1 Å². The predicted octanol–water partition coefficient (Wildman–Crippen LogP) is 3.74. The highest BCUT2D eigenvalue weighted by Gasteiger charge is 2.30. The van der Waals surface area contributed by atoms with Crippen LogP contribution >= 0.6 is 0 Å². The Morgan fingerprint density at radius 1 is 1.20 bits per heavy atom. The van der Waals surface area contributed by atoms with Crippen LogP contribution in [0.3, 0.4) is 0 Å².